The molecule has 3 aromatic carbocycles. The Balaban J connectivity index is 1.82. The molecule has 4 rings (SSSR count). The molecular formula is C24H19N3O2S. The molecule has 0 aliphatic carbocycles. The average Bonchev–Trinajstić information content (AvgIpc) is 2.77. The van der Waals surface area contributed by atoms with Crippen LogP contribution in [0.1, 0.15) is 5.56 Å². The minimum Gasteiger partial charge on any atom is -0.343 e. The maximum Gasteiger partial charge on any atom is 0.175 e. The number of sulfone groups is 1. The van der Waals surface area contributed by atoms with E-state index in [1.165, 1.54) is 6.26 Å². The fourth-order valence-electron chi connectivity index (χ4n) is 3.48. The lowest BCUT2D eigenvalue weighted by molar-refractivity contribution is 0.602. The molecule has 6 heteroatoms. The first-order valence-corrected chi connectivity index (χ1v) is 11.2. The summed E-state index contributed by atoms with van der Waals surface area (Å²) in [6.45, 7) is 0. The SMILES string of the molecule is CN(c1ccccc1)c1c(C#N)cnc2cc(-c3ccc(S(C)(=O)=O)cc3)ccc12. The first-order valence-electron chi connectivity index (χ1n) is 9.30. The van der Waals surface area contributed by atoms with E-state index in [4.69, 9.17) is 0 Å². The summed E-state index contributed by atoms with van der Waals surface area (Å²) in [5.41, 5.74) is 4.85. The third kappa shape index (κ3) is 3.63. The molecule has 148 valence electrons. The standard InChI is InChI=1S/C24H19N3O2S/c1-27(20-6-4-3-5-7-20)24-19(15-25)16-26-23-14-18(10-13-22(23)24)17-8-11-21(12-9-17)30(2,28)29/h3-14,16H,1-2H3. The number of para-hydroxylation sites is 1. The molecule has 0 bridgehead atoms. The minimum atomic E-state index is -3.23. The van der Waals surface area contributed by atoms with Gasteiger partial charge in [-0.2, -0.15) is 5.26 Å². The van der Waals surface area contributed by atoms with Gasteiger partial charge in [-0.15, -0.1) is 0 Å². The summed E-state index contributed by atoms with van der Waals surface area (Å²) in [6.07, 6.45) is 2.78. The molecule has 30 heavy (non-hydrogen) atoms. The van der Waals surface area contributed by atoms with Gasteiger partial charge in [0.15, 0.2) is 9.84 Å². The molecule has 0 amide bonds. The number of hydrogen-bond donors (Lipinski definition) is 0. The van der Waals surface area contributed by atoms with Crippen LogP contribution in [0.25, 0.3) is 22.0 Å². The van der Waals surface area contributed by atoms with Crippen LogP contribution in [0.15, 0.2) is 83.9 Å². The number of nitriles is 1. The van der Waals surface area contributed by atoms with Gasteiger partial charge >= 0.3 is 0 Å². The van der Waals surface area contributed by atoms with E-state index < -0.39 is 9.84 Å². The van der Waals surface area contributed by atoms with Gasteiger partial charge in [-0.1, -0.05) is 42.5 Å². The van der Waals surface area contributed by atoms with Crippen molar-refractivity contribution >= 4 is 32.1 Å². The fraction of sp³-hybridized carbons (Fsp3) is 0.0833. The number of aromatic nitrogens is 1. The highest BCUT2D eigenvalue weighted by molar-refractivity contribution is 7.90. The summed E-state index contributed by atoms with van der Waals surface area (Å²) in [7, 11) is -1.30. The van der Waals surface area contributed by atoms with E-state index >= 15 is 0 Å². The molecule has 5 nitrogen and oxygen atoms in total. The number of nitrogens with zero attached hydrogens (tertiary/aromatic N) is 3. The molecule has 0 N–H and O–H groups in total. The van der Waals surface area contributed by atoms with Crippen LogP contribution >= 0.6 is 0 Å². The quantitative estimate of drug-likeness (QED) is 0.473. The molecule has 0 fully saturated rings. The lowest BCUT2D eigenvalue weighted by Gasteiger charge is -2.22. The van der Waals surface area contributed by atoms with Gasteiger partial charge in [-0.3, -0.25) is 4.98 Å². The Morgan fingerprint density at radius 2 is 1.60 bits per heavy atom. The number of pyridine rings is 1. The zero-order chi connectivity index (χ0) is 21.3. The van der Waals surface area contributed by atoms with E-state index in [1.807, 2.05) is 60.5 Å². The molecule has 0 saturated heterocycles. The van der Waals surface area contributed by atoms with Crippen molar-refractivity contribution < 1.29 is 8.42 Å². The van der Waals surface area contributed by atoms with E-state index in [2.05, 4.69) is 11.1 Å². The van der Waals surface area contributed by atoms with E-state index in [-0.39, 0.29) is 4.90 Å². The second-order valence-corrected chi connectivity index (χ2v) is 9.07. The maximum atomic E-state index is 11.7. The van der Waals surface area contributed by atoms with Crippen molar-refractivity contribution in [2.45, 2.75) is 4.90 Å². The third-order valence-corrected chi connectivity index (χ3v) is 6.18. The van der Waals surface area contributed by atoms with Gasteiger partial charge in [-0.25, -0.2) is 8.42 Å². The molecule has 0 unspecified atom stereocenters. The Kier molecular flexibility index (Phi) is 4.98. The largest absolute Gasteiger partial charge is 0.343 e. The molecule has 0 aliphatic rings. The fourth-order valence-corrected chi connectivity index (χ4v) is 4.11. The summed E-state index contributed by atoms with van der Waals surface area (Å²) >= 11 is 0. The molecule has 0 radical (unpaired) electrons. The Morgan fingerprint density at radius 3 is 2.23 bits per heavy atom. The third-order valence-electron chi connectivity index (χ3n) is 5.06. The Bertz CT molecular complexity index is 1370. The van der Waals surface area contributed by atoms with Crippen molar-refractivity contribution in [1.29, 1.82) is 5.26 Å². The first-order chi connectivity index (χ1) is 14.4. The van der Waals surface area contributed by atoms with Crippen molar-refractivity contribution in [3.05, 3.63) is 84.6 Å². The topological polar surface area (TPSA) is 74.1 Å². The molecule has 1 heterocycles. The predicted molar refractivity (Wildman–Crippen MR) is 120 cm³/mol. The average molecular weight is 414 g/mol. The number of rotatable bonds is 4. The minimum absolute atomic E-state index is 0.288. The van der Waals surface area contributed by atoms with Crippen LogP contribution in [0.4, 0.5) is 11.4 Å². The Hall–Kier alpha value is -3.69. The van der Waals surface area contributed by atoms with Crippen LogP contribution in [-0.4, -0.2) is 26.7 Å². The molecular weight excluding hydrogens is 394 g/mol. The zero-order valence-corrected chi connectivity index (χ0v) is 17.4. The summed E-state index contributed by atoms with van der Waals surface area (Å²) in [6, 6.07) is 24.8. The number of anilines is 2. The van der Waals surface area contributed by atoms with Gasteiger partial charge in [-0.05, 0) is 41.5 Å². The van der Waals surface area contributed by atoms with Gasteiger partial charge in [0.2, 0.25) is 0 Å². The van der Waals surface area contributed by atoms with E-state index in [9.17, 15) is 13.7 Å². The molecule has 0 saturated carbocycles. The van der Waals surface area contributed by atoms with Gasteiger partial charge in [0.05, 0.1) is 21.7 Å². The molecule has 0 aliphatic heterocycles. The first kappa shape index (κ1) is 19.6. The van der Waals surface area contributed by atoms with Crippen molar-refractivity contribution in [2.75, 3.05) is 18.2 Å². The van der Waals surface area contributed by atoms with Crippen LogP contribution < -0.4 is 4.90 Å². The molecule has 1 aromatic heterocycles. The van der Waals surface area contributed by atoms with E-state index in [0.29, 0.717) is 5.56 Å². The van der Waals surface area contributed by atoms with Crippen molar-refractivity contribution in [2.24, 2.45) is 0 Å². The zero-order valence-electron chi connectivity index (χ0n) is 16.6. The second-order valence-electron chi connectivity index (χ2n) is 7.06. The summed E-state index contributed by atoms with van der Waals surface area (Å²) < 4.78 is 23.4. The molecule has 0 atom stereocenters. The number of hydrogen-bond acceptors (Lipinski definition) is 5. The summed E-state index contributed by atoms with van der Waals surface area (Å²) in [5.74, 6) is 0. The lowest BCUT2D eigenvalue weighted by Crippen LogP contribution is -2.12. The van der Waals surface area contributed by atoms with Gasteiger partial charge in [0.1, 0.15) is 6.07 Å². The van der Waals surface area contributed by atoms with Crippen LogP contribution in [0, 0.1) is 11.3 Å². The van der Waals surface area contributed by atoms with E-state index in [0.717, 1.165) is 33.4 Å². The number of benzene rings is 3. The smallest absolute Gasteiger partial charge is 0.175 e. The van der Waals surface area contributed by atoms with Crippen LogP contribution in [0.2, 0.25) is 0 Å². The molecule has 4 aromatic rings. The van der Waals surface area contributed by atoms with Crippen LogP contribution in [-0.2, 0) is 9.84 Å². The highest BCUT2D eigenvalue weighted by Gasteiger charge is 2.15. The monoisotopic (exact) mass is 413 g/mol. The van der Waals surface area contributed by atoms with Crippen LogP contribution in [0.3, 0.4) is 0 Å². The summed E-state index contributed by atoms with van der Waals surface area (Å²) in [5, 5.41) is 10.5. The second kappa shape index (κ2) is 7.62. The van der Waals surface area contributed by atoms with Crippen molar-refractivity contribution in [3.8, 4) is 17.2 Å². The van der Waals surface area contributed by atoms with Crippen LogP contribution in [0.5, 0.6) is 0 Å². The van der Waals surface area contributed by atoms with E-state index in [1.54, 1.807) is 30.5 Å². The maximum absolute atomic E-state index is 11.7. The normalized spacial score (nSPS) is 11.2. The lowest BCUT2D eigenvalue weighted by atomic mass is 10.0. The van der Waals surface area contributed by atoms with Gasteiger partial charge in [0, 0.05) is 30.6 Å². The Labute approximate surface area is 175 Å². The number of fused-ring (bicyclic) bond motifs is 1. The highest BCUT2D eigenvalue weighted by atomic mass is 32.2. The highest BCUT2D eigenvalue weighted by Crippen LogP contribution is 2.35. The Morgan fingerprint density at radius 1 is 0.933 bits per heavy atom. The molecule has 0 spiro atoms. The van der Waals surface area contributed by atoms with Gasteiger partial charge in [0.25, 0.3) is 0 Å². The van der Waals surface area contributed by atoms with Crippen molar-refractivity contribution in [3.63, 3.8) is 0 Å². The summed E-state index contributed by atoms with van der Waals surface area (Å²) in [4.78, 5) is 6.76. The predicted octanol–water partition coefficient (Wildman–Crippen LogP) is 4.94. The van der Waals surface area contributed by atoms with Crippen molar-refractivity contribution in [1.82, 2.24) is 4.98 Å². The van der Waals surface area contributed by atoms with Gasteiger partial charge < -0.3 is 4.90 Å².